The second-order valence-corrected chi connectivity index (χ2v) is 7.59. The minimum atomic E-state index is -0.482. The molecule has 3 nitrogen and oxygen atoms in total. The predicted octanol–water partition coefficient (Wildman–Crippen LogP) is 6.01. The van der Waals surface area contributed by atoms with E-state index >= 15 is 0 Å². The van der Waals surface area contributed by atoms with Crippen LogP contribution in [0.1, 0.15) is 48.6 Å². The molecule has 0 heterocycles. The van der Waals surface area contributed by atoms with E-state index in [1.165, 1.54) is 16.7 Å². The zero-order chi connectivity index (χ0) is 19.9. The van der Waals surface area contributed by atoms with Crippen LogP contribution in [0.25, 0.3) is 18.2 Å². The van der Waals surface area contributed by atoms with Gasteiger partial charge in [-0.3, -0.25) is 0 Å². The monoisotopic (exact) mass is 363 g/mol. The number of benzene rings is 2. The lowest BCUT2D eigenvalue weighted by molar-refractivity contribution is 0.0534. The summed E-state index contributed by atoms with van der Waals surface area (Å²) in [7, 11) is 0. The van der Waals surface area contributed by atoms with Crippen molar-refractivity contribution in [3.63, 3.8) is 0 Å². The highest BCUT2D eigenvalue weighted by molar-refractivity contribution is 5.73. The third-order valence-corrected chi connectivity index (χ3v) is 3.97. The highest BCUT2D eigenvalue weighted by Crippen LogP contribution is 2.17. The number of aryl methyl sites for hydroxylation is 2. The number of hydrogen-bond acceptors (Lipinski definition) is 2. The van der Waals surface area contributed by atoms with Gasteiger partial charge in [-0.2, -0.15) is 0 Å². The molecule has 27 heavy (non-hydrogen) atoms. The van der Waals surface area contributed by atoms with E-state index in [2.05, 4.69) is 61.6 Å². The first-order valence-electron chi connectivity index (χ1n) is 9.22. The van der Waals surface area contributed by atoms with Crippen LogP contribution in [0.5, 0.6) is 0 Å². The zero-order valence-electron chi connectivity index (χ0n) is 16.9. The SMILES string of the molecule is Cc1cccc(C)c1/C=C/c1cccc(/C=C/CNC(=O)OC(C)(C)C)c1. The number of alkyl carbamates (subject to hydrolysis) is 1. The van der Waals surface area contributed by atoms with Crippen molar-refractivity contribution in [2.45, 2.75) is 40.2 Å². The number of carbonyl (C=O) groups is 1. The van der Waals surface area contributed by atoms with E-state index in [1.807, 2.05) is 45.1 Å². The van der Waals surface area contributed by atoms with Crippen molar-refractivity contribution in [1.82, 2.24) is 5.32 Å². The Kier molecular flexibility index (Phi) is 7.00. The minimum Gasteiger partial charge on any atom is -0.444 e. The smallest absolute Gasteiger partial charge is 0.407 e. The molecule has 0 aliphatic carbocycles. The highest BCUT2D eigenvalue weighted by Gasteiger charge is 2.14. The lowest BCUT2D eigenvalue weighted by atomic mass is 10.0. The molecule has 2 aromatic carbocycles. The van der Waals surface area contributed by atoms with Crippen molar-refractivity contribution < 1.29 is 9.53 Å². The molecule has 0 spiro atoms. The van der Waals surface area contributed by atoms with Gasteiger partial charge in [0.25, 0.3) is 0 Å². The van der Waals surface area contributed by atoms with Crippen LogP contribution >= 0.6 is 0 Å². The molecule has 0 aromatic heterocycles. The molecule has 0 bridgehead atoms. The molecule has 1 amide bonds. The average Bonchev–Trinajstić information content (AvgIpc) is 2.57. The predicted molar refractivity (Wildman–Crippen MR) is 115 cm³/mol. The van der Waals surface area contributed by atoms with E-state index in [9.17, 15) is 4.79 Å². The van der Waals surface area contributed by atoms with Crippen LogP contribution in [-0.4, -0.2) is 18.2 Å². The fourth-order valence-electron chi connectivity index (χ4n) is 2.69. The number of amides is 1. The normalized spacial score (nSPS) is 11.9. The van der Waals surface area contributed by atoms with Crippen LogP contribution in [0.4, 0.5) is 4.79 Å². The fraction of sp³-hybridized carbons (Fsp3) is 0.292. The molecule has 2 rings (SSSR count). The van der Waals surface area contributed by atoms with Gasteiger partial charge in [0.2, 0.25) is 0 Å². The Morgan fingerprint density at radius 2 is 1.56 bits per heavy atom. The number of carbonyl (C=O) groups excluding carboxylic acids is 1. The van der Waals surface area contributed by atoms with Gasteiger partial charge in [-0.1, -0.05) is 60.7 Å². The lowest BCUT2D eigenvalue weighted by Gasteiger charge is -2.19. The fourth-order valence-corrected chi connectivity index (χ4v) is 2.69. The molecule has 0 saturated carbocycles. The first kappa shape index (κ1) is 20.5. The van der Waals surface area contributed by atoms with Gasteiger partial charge in [0.15, 0.2) is 0 Å². The topological polar surface area (TPSA) is 38.3 Å². The molecular formula is C24H29NO2. The second-order valence-electron chi connectivity index (χ2n) is 7.59. The summed E-state index contributed by atoms with van der Waals surface area (Å²) in [6.07, 6.45) is 7.80. The van der Waals surface area contributed by atoms with Gasteiger partial charge in [-0.05, 0) is 68.5 Å². The van der Waals surface area contributed by atoms with Crippen LogP contribution in [0, 0.1) is 13.8 Å². The van der Waals surface area contributed by atoms with Crippen molar-refractivity contribution in [1.29, 1.82) is 0 Å². The Bertz CT molecular complexity index is 821. The Balaban J connectivity index is 1.97. The number of ether oxygens (including phenoxy) is 1. The molecule has 0 aliphatic rings. The van der Waals surface area contributed by atoms with Crippen molar-refractivity contribution in [3.8, 4) is 0 Å². The Morgan fingerprint density at radius 3 is 2.19 bits per heavy atom. The summed E-state index contributed by atoms with van der Waals surface area (Å²) in [5.74, 6) is 0. The van der Waals surface area contributed by atoms with Gasteiger partial charge in [-0.25, -0.2) is 4.79 Å². The largest absolute Gasteiger partial charge is 0.444 e. The van der Waals surface area contributed by atoms with E-state index in [1.54, 1.807) is 0 Å². The summed E-state index contributed by atoms with van der Waals surface area (Å²) in [6.45, 7) is 10.2. The van der Waals surface area contributed by atoms with Gasteiger partial charge < -0.3 is 10.1 Å². The molecule has 0 fully saturated rings. The van der Waals surface area contributed by atoms with Crippen molar-refractivity contribution >= 4 is 24.3 Å². The zero-order valence-corrected chi connectivity index (χ0v) is 16.9. The van der Waals surface area contributed by atoms with E-state index in [0.29, 0.717) is 6.54 Å². The maximum atomic E-state index is 11.6. The first-order chi connectivity index (χ1) is 12.7. The maximum Gasteiger partial charge on any atom is 0.407 e. The van der Waals surface area contributed by atoms with Gasteiger partial charge in [-0.15, -0.1) is 0 Å². The van der Waals surface area contributed by atoms with Crippen LogP contribution in [-0.2, 0) is 4.74 Å². The van der Waals surface area contributed by atoms with Crippen molar-refractivity contribution in [2.75, 3.05) is 6.54 Å². The van der Waals surface area contributed by atoms with Crippen molar-refractivity contribution in [3.05, 3.63) is 76.4 Å². The standard InChI is InChI=1S/C24H29NO2/c1-18-9-6-10-19(2)22(18)15-14-21-12-7-11-20(17-21)13-8-16-25-23(26)27-24(3,4)5/h6-15,17H,16H2,1-5H3,(H,25,26)/b13-8+,15-14+. The summed E-state index contributed by atoms with van der Waals surface area (Å²) in [5, 5.41) is 2.72. The summed E-state index contributed by atoms with van der Waals surface area (Å²) in [5.41, 5.74) is 5.56. The van der Waals surface area contributed by atoms with E-state index in [-0.39, 0.29) is 0 Å². The van der Waals surface area contributed by atoms with Gasteiger partial charge >= 0.3 is 6.09 Å². The van der Waals surface area contributed by atoms with Crippen LogP contribution in [0.15, 0.2) is 48.5 Å². The number of nitrogens with one attached hydrogen (secondary N) is 1. The van der Waals surface area contributed by atoms with E-state index < -0.39 is 11.7 Å². The highest BCUT2D eigenvalue weighted by atomic mass is 16.6. The molecule has 3 heteroatoms. The maximum absolute atomic E-state index is 11.6. The molecule has 2 aromatic rings. The molecule has 0 atom stereocenters. The summed E-state index contributed by atoms with van der Waals surface area (Å²) >= 11 is 0. The Labute approximate surface area is 162 Å². The summed E-state index contributed by atoms with van der Waals surface area (Å²) in [4.78, 5) is 11.6. The quantitative estimate of drug-likeness (QED) is 0.660. The Morgan fingerprint density at radius 1 is 0.963 bits per heavy atom. The average molecular weight is 364 g/mol. The molecule has 0 unspecified atom stereocenters. The third kappa shape index (κ3) is 7.14. The second kappa shape index (κ2) is 9.22. The van der Waals surface area contributed by atoms with E-state index in [0.717, 1.165) is 11.1 Å². The van der Waals surface area contributed by atoms with Gasteiger partial charge in [0, 0.05) is 6.54 Å². The molecule has 0 radical (unpaired) electrons. The van der Waals surface area contributed by atoms with Gasteiger partial charge in [0.1, 0.15) is 5.60 Å². The summed E-state index contributed by atoms with van der Waals surface area (Å²) < 4.78 is 5.21. The molecule has 142 valence electrons. The van der Waals surface area contributed by atoms with Crippen molar-refractivity contribution in [2.24, 2.45) is 0 Å². The van der Waals surface area contributed by atoms with Gasteiger partial charge in [0.05, 0.1) is 0 Å². The third-order valence-electron chi connectivity index (χ3n) is 3.97. The number of rotatable bonds is 5. The van der Waals surface area contributed by atoms with Crippen LogP contribution in [0.2, 0.25) is 0 Å². The van der Waals surface area contributed by atoms with Crippen LogP contribution < -0.4 is 5.32 Å². The molecular weight excluding hydrogens is 334 g/mol. The minimum absolute atomic E-state index is 0.405. The molecule has 0 aliphatic heterocycles. The van der Waals surface area contributed by atoms with Crippen LogP contribution in [0.3, 0.4) is 0 Å². The molecule has 0 saturated heterocycles. The summed E-state index contributed by atoms with van der Waals surface area (Å²) in [6, 6.07) is 14.6. The molecule has 1 N–H and O–H groups in total. The number of hydrogen-bond donors (Lipinski definition) is 1. The first-order valence-corrected chi connectivity index (χ1v) is 9.22. The Hall–Kier alpha value is -2.81. The lowest BCUT2D eigenvalue weighted by Crippen LogP contribution is -2.32. The van der Waals surface area contributed by atoms with E-state index in [4.69, 9.17) is 4.74 Å².